The van der Waals surface area contributed by atoms with Gasteiger partial charge in [0.15, 0.2) is 23.2 Å². The molecule has 0 aliphatic carbocycles. The maximum Gasteiger partial charge on any atom is 0.195 e. The Bertz CT molecular complexity index is 507. The number of halogens is 3. The van der Waals surface area contributed by atoms with Gasteiger partial charge in [0, 0.05) is 19.6 Å². The Morgan fingerprint density at radius 2 is 1.84 bits per heavy atom. The number of carbonyl (C=O) groups excluding carboxylic acids is 1. The summed E-state index contributed by atoms with van der Waals surface area (Å²) in [6, 6.07) is 1.23. The number of Topliss-reactive ketones (excluding diaryl/α,β-unsaturated/α-hetero) is 1. The number of likely N-dealkylation sites (N-methyl/N-ethyl adjacent to an activating group) is 2. The van der Waals surface area contributed by atoms with Crippen molar-refractivity contribution in [1.29, 1.82) is 0 Å². The molecular weight excluding hydrogens is 257 g/mol. The lowest BCUT2D eigenvalue weighted by Gasteiger charge is -2.36. The molecule has 0 radical (unpaired) electrons. The number of hydrogen-bond acceptors (Lipinski definition) is 3. The normalized spacial score (nSPS) is 21.6. The molecule has 2 rings (SSSR count). The first kappa shape index (κ1) is 14.0. The van der Waals surface area contributed by atoms with Crippen LogP contribution in [0.15, 0.2) is 12.1 Å². The van der Waals surface area contributed by atoms with Crippen LogP contribution in [0.2, 0.25) is 0 Å². The van der Waals surface area contributed by atoms with E-state index >= 15 is 0 Å². The molecule has 1 unspecified atom stereocenters. The fraction of sp³-hybridized carbons (Fsp3) is 0.462. The molecule has 1 atom stereocenters. The van der Waals surface area contributed by atoms with Gasteiger partial charge in [0.1, 0.15) is 0 Å². The van der Waals surface area contributed by atoms with Gasteiger partial charge in [-0.25, -0.2) is 13.2 Å². The van der Waals surface area contributed by atoms with E-state index in [4.69, 9.17) is 0 Å². The van der Waals surface area contributed by atoms with Gasteiger partial charge in [0.05, 0.1) is 11.6 Å². The summed E-state index contributed by atoms with van der Waals surface area (Å²) < 4.78 is 39.6. The number of piperazine rings is 1. The van der Waals surface area contributed by atoms with Crippen molar-refractivity contribution in [3.8, 4) is 0 Å². The highest BCUT2D eigenvalue weighted by molar-refractivity contribution is 6.00. The van der Waals surface area contributed by atoms with Gasteiger partial charge in [-0.15, -0.1) is 0 Å². The third-order valence-electron chi connectivity index (χ3n) is 3.45. The second-order valence-electron chi connectivity index (χ2n) is 4.85. The lowest BCUT2D eigenvalue weighted by atomic mass is 10.0. The molecule has 19 heavy (non-hydrogen) atoms. The predicted molar refractivity (Wildman–Crippen MR) is 64.6 cm³/mol. The van der Waals surface area contributed by atoms with Gasteiger partial charge in [-0.3, -0.25) is 9.69 Å². The predicted octanol–water partition coefficient (Wildman–Crippen LogP) is 1.53. The van der Waals surface area contributed by atoms with Crippen LogP contribution in [0.3, 0.4) is 0 Å². The van der Waals surface area contributed by atoms with Crippen LogP contribution in [-0.2, 0) is 0 Å². The molecule has 1 heterocycles. The minimum atomic E-state index is -1.60. The average Bonchev–Trinajstić information content (AvgIpc) is 2.38. The molecule has 3 nitrogen and oxygen atoms in total. The van der Waals surface area contributed by atoms with Crippen LogP contribution in [0.1, 0.15) is 10.4 Å². The Morgan fingerprint density at radius 1 is 1.16 bits per heavy atom. The summed E-state index contributed by atoms with van der Waals surface area (Å²) in [5, 5.41) is 0. The SMILES string of the molecule is CN1CCN(C)C(C(=O)c2ccc(F)c(F)c2F)C1. The number of nitrogens with zero attached hydrogens (tertiary/aromatic N) is 2. The van der Waals surface area contributed by atoms with Gasteiger partial charge in [-0.1, -0.05) is 0 Å². The van der Waals surface area contributed by atoms with E-state index < -0.39 is 34.8 Å². The van der Waals surface area contributed by atoms with Crippen LogP contribution in [-0.4, -0.2) is 55.4 Å². The zero-order valence-electron chi connectivity index (χ0n) is 10.8. The highest BCUT2D eigenvalue weighted by atomic mass is 19.2. The first-order chi connectivity index (χ1) is 8.91. The second-order valence-corrected chi connectivity index (χ2v) is 4.85. The highest BCUT2D eigenvalue weighted by Gasteiger charge is 2.31. The third-order valence-corrected chi connectivity index (χ3v) is 3.45. The van der Waals surface area contributed by atoms with E-state index in [9.17, 15) is 18.0 Å². The van der Waals surface area contributed by atoms with Crippen LogP contribution in [0.4, 0.5) is 13.2 Å². The van der Waals surface area contributed by atoms with Gasteiger partial charge >= 0.3 is 0 Å². The lowest BCUT2D eigenvalue weighted by molar-refractivity contribution is 0.0681. The Kier molecular flexibility index (Phi) is 3.91. The molecule has 1 aliphatic heterocycles. The Labute approximate surface area is 109 Å². The first-order valence-corrected chi connectivity index (χ1v) is 5.98. The highest BCUT2D eigenvalue weighted by Crippen LogP contribution is 2.19. The van der Waals surface area contributed by atoms with Crippen LogP contribution in [0.25, 0.3) is 0 Å². The van der Waals surface area contributed by atoms with Crippen molar-refractivity contribution < 1.29 is 18.0 Å². The van der Waals surface area contributed by atoms with Crippen LogP contribution < -0.4 is 0 Å². The fourth-order valence-electron chi connectivity index (χ4n) is 2.19. The Balaban J connectivity index is 2.31. The van der Waals surface area contributed by atoms with Crippen molar-refractivity contribution in [2.45, 2.75) is 6.04 Å². The number of ketones is 1. The second kappa shape index (κ2) is 5.30. The summed E-state index contributed by atoms with van der Waals surface area (Å²) in [5.74, 6) is -4.82. The standard InChI is InChI=1S/C13H15F3N2O/c1-17-5-6-18(2)10(7-17)13(19)8-3-4-9(14)12(16)11(8)15/h3-4,10H,5-7H2,1-2H3. The van der Waals surface area contributed by atoms with E-state index in [1.807, 2.05) is 11.9 Å². The summed E-state index contributed by atoms with van der Waals surface area (Å²) in [7, 11) is 3.61. The average molecular weight is 272 g/mol. The van der Waals surface area contributed by atoms with Crippen molar-refractivity contribution in [1.82, 2.24) is 9.80 Å². The summed E-state index contributed by atoms with van der Waals surface area (Å²) >= 11 is 0. The minimum Gasteiger partial charge on any atom is -0.303 e. The fourth-order valence-corrected chi connectivity index (χ4v) is 2.19. The maximum absolute atomic E-state index is 13.6. The van der Waals surface area contributed by atoms with Crippen molar-refractivity contribution in [2.24, 2.45) is 0 Å². The molecule has 0 spiro atoms. The lowest BCUT2D eigenvalue weighted by Crippen LogP contribution is -2.53. The summed E-state index contributed by atoms with van der Waals surface area (Å²) in [4.78, 5) is 16.0. The minimum absolute atomic E-state index is 0.397. The Morgan fingerprint density at radius 3 is 2.53 bits per heavy atom. The van der Waals surface area contributed by atoms with E-state index in [0.717, 1.165) is 18.7 Å². The molecule has 1 fully saturated rings. The van der Waals surface area contributed by atoms with Crippen molar-refractivity contribution in [3.05, 3.63) is 35.1 Å². The number of rotatable bonds is 2. The number of benzene rings is 1. The van der Waals surface area contributed by atoms with E-state index in [2.05, 4.69) is 0 Å². The van der Waals surface area contributed by atoms with E-state index in [0.29, 0.717) is 13.1 Å². The summed E-state index contributed by atoms with van der Waals surface area (Å²) in [5.41, 5.74) is -0.397. The molecule has 0 aromatic heterocycles. The summed E-state index contributed by atoms with van der Waals surface area (Å²) in [6.45, 7) is 1.91. The zero-order valence-corrected chi connectivity index (χ0v) is 10.8. The molecule has 1 saturated heterocycles. The molecule has 104 valence electrons. The van der Waals surface area contributed by atoms with Gasteiger partial charge in [0.2, 0.25) is 0 Å². The van der Waals surface area contributed by atoms with Crippen molar-refractivity contribution >= 4 is 5.78 Å². The van der Waals surface area contributed by atoms with Crippen LogP contribution in [0, 0.1) is 17.5 Å². The zero-order chi connectivity index (χ0) is 14.2. The first-order valence-electron chi connectivity index (χ1n) is 5.98. The topological polar surface area (TPSA) is 23.6 Å². The molecule has 0 bridgehead atoms. The van der Waals surface area contributed by atoms with Gasteiger partial charge in [0.25, 0.3) is 0 Å². The summed E-state index contributed by atoms with van der Waals surface area (Å²) in [6.07, 6.45) is 0. The van der Waals surface area contributed by atoms with E-state index in [-0.39, 0.29) is 0 Å². The molecule has 0 saturated carbocycles. The molecule has 0 N–H and O–H groups in total. The van der Waals surface area contributed by atoms with Gasteiger partial charge < -0.3 is 4.90 Å². The van der Waals surface area contributed by atoms with E-state index in [1.165, 1.54) is 0 Å². The van der Waals surface area contributed by atoms with E-state index in [1.54, 1.807) is 11.9 Å². The smallest absolute Gasteiger partial charge is 0.195 e. The largest absolute Gasteiger partial charge is 0.303 e. The van der Waals surface area contributed by atoms with Crippen molar-refractivity contribution in [2.75, 3.05) is 33.7 Å². The molecule has 6 heteroatoms. The monoisotopic (exact) mass is 272 g/mol. The third kappa shape index (κ3) is 2.64. The molecule has 0 amide bonds. The molecule has 1 aromatic rings. The van der Waals surface area contributed by atoms with Gasteiger partial charge in [-0.2, -0.15) is 0 Å². The van der Waals surface area contributed by atoms with Gasteiger partial charge in [-0.05, 0) is 26.2 Å². The maximum atomic E-state index is 13.6. The van der Waals surface area contributed by atoms with Crippen LogP contribution >= 0.6 is 0 Å². The molecular formula is C13H15F3N2O. The number of carbonyl (C=O) groups is 1. The van der Waals surface area contributed by atoms with Crippen molar-refractivity contribution in [3.63, 3.8) is 0 Å². The Hall–Kier alpha value is -1.40. The quantitative estimate of drug-likeness (QED) is 0.602. The molecule has 1 aliphatic rings. The number of hydrogen-bond donors (Lipinski definition) is 0. The van der Waals surface area contributed by atoms with Crippen LogP contribution in [0.5, 0.6) is 0 Å². The molecule has 1 aromatic carbocycles.